The summed E-state index contributed by atoms with van der Waals surface area (Å²) < 4.78 is 5.47. The fraction of sp³-hybridized carbons (Fsp3) is 0.333. The summed E-state index contributed by atoms with van der Waals surface area (Å²) in [5, 5.41) is 8.57. The van der Waals surface area contributed by atoms with Crippen LogP contribution in [0, 0.1) is 0 Å². The topological polar surface area (TPSA) is 66.8 Å². The van der Waals surface area contributed by atoms with E-state index in [0.29, 0.717) is 23.5 Å². The van der Waals surface area contributed by atoms with Crippen LogP contribution in [0.1, 0.15) is 28.4 Å². The first-order valence-corrected chi connectivity index (χ1v) is 9.81. The van der Waals surface area contributed by atoms with E-state index in [0.717, 1.165) is 24.2 Å². The van der Waals surface area contributed by atoms with Crippen molar-refractivity contribution in [1.29, 1.82) is 0 Å². The molecule has 0 aliphatic carbocycles. The molecule has 1 aliphatic rings. The summed E-state index contributed by atoms with van der Waals surface area (Å²) in [5.41, 5.74) is 2.94. The van der Waals surface area contributed by atoms with Gasteiger partial charge >= 0.3 is 5.97 Å². The largest absolute Gasteiger partial charge is 0.496 e. The van der Waals surface area contributed by atoms with Gasteiger partial charge in [0, 0.05) is 18.0 Å². The van der Waals surface area contributed by atoms with E-state index in [9.17, 15) is 14.7 Å². The van der Waals surface area contributed by atoms with Crippen molar-refractivity contribution in [2.24, 2.45) is 0 Å². The zero-order valence-electron chi connectivity index (χ0n) is 15.5. The predicted molar refractivity (Wildman–Crippen MR) is 106 cm³/mol. The van der Waals surface area contributed by atoms with E-state index in [1.165, 1.54) is 17.3 Å². The average Bonchev–Trinajstić information content (AvgIpc) is 2.90. The molecule has 1 heterocycles. The second-order valence-corrected chi connectivity index (χ2v) is 7.87. The van der Waals surface area contributed by atoms with Gasteiger partial charge in [0.2, 0.25) is 0 Å². The lowest BCUT2D eigenvalue weighted by molar-refractivity contribution is -0.136. The highest BCUT2D eigenvalue weighted by molar-refractivity contribution is 8.00. The Kier molecular flexibility index (Phi) is 6.06. The number of carboxylic acids is 1. The molecule has 27 heavy (non-hydrogen) atoms. The number of benzene rings is 2. The minimum atomic E-state index is -0.889. The van der Waals surface area contributed by atoms with Crippen molar-refractivity contribution in [2.75, 3.05) is 20.2 Å². The van der Waals surface area contributed by atoms with Crippen molar-refractivity contribution in [1.82, 2.24) is 4.90 Å². The number of carbonyl (C=O) groups is 2. The molecule has 0 saturated heterocycles. The molecule has 1 N–H and O–H groups in total. The van der Waals surface area contributed by atoms with Crippen LogP contribution in [-0.4, -0.2) is 47.3 Å². The standard InChI is InChI=1S/C21H23NO4S/c1-14(21(24)25)27-19-9-4-3-7-17(19)20(23)22-12-10-15-6-5-8-18(26-2)16(15)11-13-22/h3-9,14H,10-13H2,1-2H3,(H,24,25). The smallest absolute Gasteiger partial charge is 0.316 e. The molecule has 0 aromatic heterocycles. The van der Waals surface area contributed by atoms with Crippen molar-refractivity contribution >= 4 is 23.6 Å². The molecule has 1 amide bonds. The van der Waals surface area contributed by atoms with Crippen LogP contribution < -0.4 is 4.74 Å². The fourth-order valence-corrected chi connectivity index (χ4v) is 4.22. The Balaban J connectivity index is 1.81. The van der Waals surface area contributed by atoms with E-state index < -0.39 is 11.2 Å². The molecule has 5 nitrogen and oxygen atoms in total. The maximum atomic E-state index is 13.2. The summed E-state index contributed by atoms with van der Waals surface area (Å²) in [6.07, 6.45) is 1.52. The van der Waals surface area contributed by atoms with Gasteiger partial charge in [0.1, 0.15) is 11.0 Å². The van der Waals surface area contributed by atoms with Gasteiger partial charge in [-0.25, -0.2) is 0 Å². The number of nitrogens with zero attached hydrogens (tertiary/aromatic N) is 1. The zero-order chi connectivity index (χ0) is 19.4. The van der Waals surface area contributed by atoms with Crippen molar-refractivity contribution in [3.63, 3.8) is 0 Å². The fourth-order valence-electron chi connectivity index (χ4n) is 3.29. The van der Waals surface area contributed by atoms with Crippen LogP contribution in [0.3, 0.4) is 0 Å². The minimum Gasteiger partial charge on any atom is -0.496 e. The predicted octanol–water partition coefficient (Wildman–Crippen LogP) is 3.50. The Morgan fingerprint density at radius 2 is 1.85 bits per heavy atom. The van der Waals surface area contributed by atoms with E-state index in [1.807, 2.05) is 35.2 Å². The maximum Gasteiger partial charge on any atom is 0.316 e. The summed E-state index contributed by atoms with van der Waals surface area (Å²) in [6, 6.07) is 13.3. The quantitative estimate of drug-likeness (QED) is 0.798. The van der Waals surface area contributed by atoms with Gasteiger partial charge < -0.3 is 14.7 Å². The van der Waals surface area contributed by atoms with E-state index in [-0.39, 0.29) is 5.91 Å². The molecule has 1 atom stereocenters. The monoisotopic (exact) mass is 385 g/mol. The highest BCUT2D eigenvalue weighted by Crippen LogP contribution is 2.30. The number of methoxy groups -OCH3 is 1. The Morgan fingerprint density at radius 3 is 2.59 bits per heavy atom. The first-order valence-electron chi connectivity index (χ1n) is 8.93. The third-order valence-electron chi connectivity index (χ3n) is 4.79. The zero-order valence-corrected chi connectivity index (χ0v) is 16.3. The van der Waals surface area contributed by atoms with Gasteiger partial charge in [-0.2, -0.15) is 0 Å². The van der Waals surface area contributed by atoms with Gasteiger partial charge in [-0.3, -0.25) is 9.59 Å². The number of carboxylic acid groups (broad SMARTS) is 1. The minimum absolute atomic E-state index is 0.0533. The first-order chi connectivity index (χ1) is 13.0. The van der Waals surface area contributed by atoms with Gasteiger partial charge in [-0.15, -0.1) is 11.8 Å². The molecular weight excluding hydrogens is 362 g/mol. The van der Waals surface area contributed by atoms with Crippen LogP contribution in [0.5, 0.6) is 5.75 Å². The molecule has 0 bridgehead atoms. The molecular formula is C21H23NO4S. The molecule has 6 heteroatoms. The molecule has 2 aromatic rings. The molecule has 2 aromatic carbocycles. The lowest BCUT2D eigenvalue weighted by atomic mass is 10.0. The van der Waals surface area contributed by atoms with Crippen molar-refractivity contribution in [3.8, 4) is 5.75 Å². The van der Waals surface area contributed by atoms with Gasteiger partial charge in [-0.05, 0) is 49.1 Å². The van der Waals surface area contributed by atoms with Crippen molar-refractivity contribution < 1.29 is 19.4 Å². The summed E-state index contributed by atoms with van der Waals surface area (Å²) in [7, 11) is 1.67. The number of fused-ring (bicyclic) bond motifs is 1. The lowest BCUT2D eigenvalue weighted by Gasteiger charge is -2.22. The highest BCUT2D eigenvalue weighted by Gasteiger charge is 2.24. The number of amides is 1. The van der Waals surface area contributed by atoms with Crippen LogP contribution in [0.4, 0.5) is 0 Å². The molecule has 0 spiro atoms. The number of ether oxygens (including phenoxy) is 1. The molecule has 0 saturated carbocycles. The van der Waals surface area contributed by atoms with Gasteiger partial charge in [0.05, 0.1) is 12.7 Å². The van der Waals surface area contributed by atoms with Crippen LogP contribution in [0.15, 0.2) is 47.4 Å². The number of carbonyl (C=O) groups excluding carboxylic acids is 1. The van der Waals surface area contributed by atoms with Crippen LogP contribution >= 0.6 is 11.8 Å². The SMILES string of the molecule is COc1cccc2c1CCN(C(=O)c1ccccc1SC(C)C(=O)O)CC2. The summed E-state index contributed by atoms with van der Waals surface area (Å²) in [4.78, 5) is 26.9. The number of thioether (sulfide) groups is 1. The van der Waals surface area contributed by atoms with Crippen LogP contribution in [0.25, 0.3) is 0 Å². The van der Waals surface area contributed by atoms with Crippen molar-refractivity contribution in [2.45, 2.75) is 29.9 Å². The number of aliphatic carboxylic acids is 1. The number of rotatable bonds is 5. The van der Waals surface area contributed by atoms with Crippen molar-refractivity contribution in [3.05, 3.63) is 59.2 Å². The van der Waals surface area contributed by atoms with E-state index in [2.05, 4.69) is 6.07 Å². The summed E-state index contributed by atoms with van der Waals surface area (Å²) in [5.74, 6) is -0.0740. The average molecular weight is 385 g/mol. The van der Waals surface area contributed by atoms with Crippen LogP contribution in [0.2, 0.25) is 0 Å². The van der Waals surface area contributed by atoms with E-state index in [1.54, 1.807) is 20.1 Å². The Bertz CT molecular complexity index is 852. The number of hydrogen-bond donors (Lipinski definition) is 1. The lowest BCUT2D eigenvalue weighted by Crippen LogP contribution is -2.33. The molecule has 0 radical (unpaired) electrons. The van der Waals surface area contributed by atoms with E-state index in [4.69, 9.17) is 4.74 Å². The second-order valence-electron chi connectivity index (χ2n) is 6.48. The maximum absolute atomic E-state index is 13.2. The second kappa shape index (κ2) is 8.48. The molecule has 142 valence electrons. The van der Waals surface area contributed by atoms with Crippen LogP contribution in [-0.2, 0) is 17.6 Å². The third kappa shape index (κ3) is 4.27. The molecule has 3 rings (SSSR count). The number of hydrogen-bond acceptors (Lipinski definition) is 4. The van der Waals surface area contributed by atoms with Gasteiger partial charge in [0.15, 0.2) is 0 Å². The molecule has 0 fully saturated rings. The van der Waals surface area contributed by atoms with Gasteiger partial charge in [0.25, 0.3) is 5.91 Å². The third-order valence-corrected chi connectivity index (χ3v) is 5.95. The van der Waals surface area contributed by atoms with Gasteiger partial charge in [-0.1, -0.05) is 24.3 Å². The molecule has 1 unspecified atom stereocenters. The summed E-state index contributed by atoms with van der Waals surface area (Å²) >= 11 is 1.20. The first kappa shape index (κ1) is 19.3. The van der Waals surface area contributed by atoms with E-state index >= 15 is 0 Å². The Labute approximate surface area is 163 Å². The Morgan fingerprint density at radius 1 is 1.11 bits per heavy atom. The summed E-state index contributed by atoms with van der Waals surface area (Å²) in [6.45, 7) is 2.87. The normalized spacial score (nSPS) is 14.8. The highest BCUT2D eigenvalue weighted by atomic mass is 32.2. The Hall–Kier alpha value is -2.47. The molecule has 1 aliphatic heterocycles.